The highest BCUT2D eigenvalue weighted by Crippen LogP contribution is 2.67. The van der Waals surface area contributed by atoms with E-state index in [2.05, 4.69) is 120 Å². The maximum atomic E-state index is 14.4. The third kappa shape index (κ3) is 19.1. The summed E-state index contributed by atoms with van der Waals surface area (Å²) in [7, 11) is -22.9. The molecule has 0 saturated heterocycles. The van der Waals surface area contributed by atoms with Crippen molar-refractivity contribution in [1.29, 1.82) is 0 Å². The van der Waals surface area contributed by atoms with Crippen molar-refractivity contribution in [2.75, 3.05) is 26.5 Å². The van der Waals surface area contributed by atoms with Crippen LogP contribution in [0.4, 0.5) is 43.4 Å². The maximum Gasteiger partial charge on any atom is 0.367 e. The lowest BCUT2D eigenvalue weighted by molar-refractivity contribution is -0.160. The van der Waals surface area contributed by atoms with Crippen LogP contribution in [0.1, 0.15) is 287 Å². The van der Waals surface area contributed by atoms with Crippen LogP contribution < -0.4 is 0 Å². The molecule has 12 aromatic carbocycles. The van der Waals surface area contributed by atoms with Gasteiger partial charge in [0.05, 0.1) is 22.7 Å². The van der Waals surface area contributed by atoms with Gasteiger partial charge in [-0.3, -0.25) is 9.59 Å². The van der Waals surface area contributed by atoms with Crippen LogP contribution in [0.15, 0.2) is 279 Å². The molecule has 0 N–H and O–H groups in total. The van der Waals surface area contributed by atoms with Crippen LogP contribution in [0.2, 0.25) is 0 Å². The summed E-state index contributed by atoms with van der Waals surface area (Å²) in [6.45, 7) is 15.1. The molecule has 6 atom stereocenters. The lowest BCUT2D eigenvalue weighted by Gasteiger charge is -2.54. The Morgan fingerprint density at radius 1 is 0.342 bits per heavy atom. The zero-order chi connectivity index (χ0) is 105. The molecule has 766 valence electrons. The van der Waals surface area contributed by atoms with Gasteiger partial charge >= 0.3 is 33.7 Å². The number of halogens is 10. The predicted molar refractivity (Wildman–Crippen MR) is 524 cm³/mol. The second-order valence-electron chi connectivity index (χ2n) is 42.3. The van der Waals surface area contributed by atoms with E-state index in [9.17, 15) is 96.7 Å². The van der Waals surface area contributed by atoms with E-state index in [1.165, 1.54) is 33.4 Å². The first-order valence-electron chi connectivity index (χ1n) is 47.6. The Morgan fingerprint density at radius 2 is 0.637 bits per heavy atom. The predicted octanol–water partition coefficient (Wildman–Crippen LogP) is 23.2. The molecular formula is C114H104F10O18S4-4. The Morgan fingerprint density at radius 3 is 0.979 bits per heavy atom. The summed E-state index contributed by atoms with van der Waals surface area (Å²) in [4.78, 5) is 37.9. The monoisotopic (exact) mass is 2080 g/mol. The van der Waals surface area contributed by atoms with E-state index in [1.807, 2.05) is 221 Å². The van der Waals surface area contributed by atoms with Crippen molar-refractivity contribution < 1.29 is 124 Å². The van der Waals surface area contributed by atoms with Gasteiger partial charge < -0.3 is 32.4 Å². The Hall–Kier alpha value is -12.0. The topological polar surface area (TPSA) is 308 Å². The second-order valence-corrected chi connectivity index (χ2v) is 47.6. The highest BCUT2D eigenvalue weighted by atomic mass is 32.3. The number of fused-ring (bicyclic) bond motifs is 3. The summed E-state index contributed by atoms with van der Waals surface area (Å²) in [5, 5.41) is -13.6. The van der Waals surface area contributed by atoms with Crippen molar-refractivity contribution in [1.82, 2.24) is 0 Å². The van der Waals surface area contributed by atoms with Crippen molar-refractivity contribution in [2.45, 2.75) is 186 Å². The van der Waals surface area contributed by atoms with Crippen molar-refractivity contribution >= 4 is 58.8 Å². The molecule has 0 saturated carbocycles. The number of alkyl halides is 9. The van der Waals surface area contributed by atoms with Crippen LogP contribution in [0.3, 0.4) is 0 Å². The van der Waals surface area contributed by atoms with Gasteiger partial charge in [0.25, 0.3) is 10.5 Å². The average molecular weight is 2080 g/mol. The van der Waals surface area contributed by atoms with Crippen LogP contribution in [0.25, 0.3) is 0 Å². The molecule has 0 radical (unpaired) electrons. The fraction of sp³-hybridized carbons (Fsp3) is 0.342. The Bertz CT molecular complexity index is 7300. The normalized spacial score (nSPS) is 22.8. The second kappa shape index (κ2) is 38.3. The highest BCUT2D eigenvalue weighted by molar-refractivity contribution is 7.87. The molecular weight excluding hydrogens is 1980 g/mol. The van der Waals surface area contributed by atoms with Crippen molar-refractivity contribution in [3.63, 3.8) is 0 Å². The first kappa shape index (κ1) is 105. The number of benzene rings is 12. The summed E-state index contributed by atoms with van der Waals surface area (Å²) >= 11 is 0. The molecule has 10 bridgehead atoms. The summed E-state index contributed by atoms with van der Waals surface area (Å²) in [5.74, 6) is -8.91. The fourth-order valence-corrected chi connectivity index (χ4v) is 25.7. The Balaban J connectivity index is 0.000000124. The van der Waals surface area contributed by atoms with Crippen molar-refractivity contribution in [3.8, 4) is 0 Å². The van der Waals surface area contributed by atoms with Gasteiger partial charge in [-0.1, -0.05) is 341 Å². The fourth-order valence-electron chi connectivity index (χ4n) is 24.8. The van der Waals surface area contributed by atoms with Crippen molar-refractivity contribution in [2.24, 2.45) is 29.1 Å². The van der Waals surface area contributed by atoms with Crippen LogP contribution in [0, 0.1) is 29.1 Å². The minimum atomic E-state index is -5.94. The first-order valence-corrected chi connectivity index (χ1v) is 53.2. The van der Waals surface area contributed by atoms with E-state index in [0.29, 0.717) is 12.8 Å². The van der Waals surface area contributed by atoms with E-state index in [0.717, 1.165) is 118 Å². The third-order valence-electron chi connectivity index (χ3n) is 30.5. The molecule has 0 aliphatic heterocycles. The summed E-state index contributed by atoms with van der Waals surface area (Å²) in [5.41, 5.74) is 26.5. The average Bonchev–Trinajstić information content (AvgIpc) is 0.677. The van der Waals surface area contributed by atoms with Gasteiger partial charge in [0.2, 0.25) is 5.92 Å². The zero-order valence-corrected chi connectivity index (χ0v) is 84.2. The summed E-state index contributed by atoms with van der Waals surface area (Å²) < 4.78 is 272. The molecule has 0 spiro atoms. The van der Waals surface area contributed by atoms with E-state index < -0.39 is 147 Å². The molecule has 27 rings (SSSR count). The SMILES string of the molecule is CC(C)(C)C1C2c3ccccc3C(c3ccccc32)C1C(=O)OCC(F)(F)S(=O)(=O)[O-].CC(C)(C)c1ccc2c(c1)C1CC(C(=O)OCC(F)(F)S(=O)(=O)[O-])C2c2cc(C(C)(C)C)ccc21.CC(F)(F)CC12c3ccccc3C(c3ccccc31)c1ccccc12.O=C(CF)OCC12c3ccccc3C(c3ccccc31)c1ccccc12.O=S(=O)([O-])C(F)(F)CC1CC2c3ccccc3C1c1ccccc12.O=S(=O)([O-])F. The van der Waals surface area contributed by atoms with E-state index >= 15 is 0 Å². The third-order valence-corrected chi connectivity index (χ3v) is 33.1. The molecule has 32 heteroatoms. The van der Waals surface area contributed by atoms with Gasteiger partial charge in [-0.05, 0) is 192 Å². The highest BCUT2D eigenvalue weighted by Gasteiger charge is 2.60. The standard InChI is InChI=1S/C27H32F2O5S.C23H24F2O5S.C23H18F2.C23H17FO2.C18H16F2O3S.FHO3S/c1-25(2,3)15-8-10-18-19(11-15)20-13-22(24(30)34-14-27(28,29)35(31,32)33)23(18)21-12-16(26(4,5)6)7-9-17(20)21;1-22(2,3)20-18-15-10-6-4-8-13(15)17(14-9-5-7-11-16(14)18)19(20)21(26)30-12-23(24,25)31(27,28)29;1-22(24,25)14-23-18-11-5-2-8-15(18)21(16-9-3-6-12-19(16)23)17-10-4-7-13-20(17)23;24-13-21(25)26-14-23-18-10-4-1-7-15(18)22(16-8-2-5-11-19(16)23)17-9-3-6-12-20(17)23;19-18(20,24(21,22)23)10-11-9-16-12-5-1-3-7-14(12)17(11)15-8-4-2-6-13(15)16;1-5(2,3)4/h7-12,20,22-23H,13-14H2,1-6H3,(H,31,32,33);4-11,17-20H,12H2,1-3H3,(H,27,28,29);2-13,21H,14H2,1H3;1-12,22H,13-14H2;1-8,11,16-17H,9-10H2,(H,21,22,23);(H,2,3,4)/p-4. The number of carbonyl (C=O) groups is 3. The molecule has 0 heterocycles. The van der Waals surface area contributed by atoms with Gasteiger partial charge in [0, 0.05) is 60.2 Å². The van der Waals surface area contributed by atoms with E-state index in [4.69, 9.17) is 27.2 Å². The molecule has 12 aromatic rings. The van der Waals surface area contributed by atoms with Gasteiger partial charge in [-0.15, -0.1) is 3.89 Å². The van der Waals surface area contributed by atoms with Crippen LogP contribution >= 0.6 is 0 Å². The lowest BCUT2D eigenvalue weighted by Crippen LogP contribution is -2.49. The van der Waals surface area contributed by atoms with Crippen LogP contribution in [-0.4, -0.2) is 118 Å². The summed E-state index contributed by atoms with van der Waals surface area (Å²) in [6, 6.07) is 92.8. The quantitative estimate of drug-likeness (QED) is 0.0285. The lowest BCUT2D eigenvalue weighted by atomic mass is 9.49. The van der Waals surface area contributed by atoms with E-state index in [1.54, 1.807) is 0 Å². The summed E-state index contributed by atoms with van der Waals surface area (Å²) in [6.07, 6.45) is -0.341. The van der Waals surface area contributed by atoms with Crippen molar-refractivity contribution in [3.05, 3.63) is 424 Å². The molecule has 146 heavy (non-hydrogen) atoms. The maximum absolute atomic E-state index is 14.4. The zero-order valence-electron chi connectivity index (χ0n) is 80.9. The first-order chi connectivity index (χ1) is 68.3. The number of esters is 3. The van der Waals surface area contributed by atoms with Gasteiger partial charge in [-0.25, -0.2) is 51.6 Å². The molecule has 0 aromatic heterocycles. The molecule has 15 aliphatic carbocycles. The molecule has 18 nitrogen and oxygen atoms in total. The largest absolute Gasteiger partial charge is 0.743 e. The van der Waals surface area contributed by atoms with Gasteiger partial charge in [-0.2, -0.15) is 26.3 Å². The number of hydrogen-bond acceptors (Lipinski definition) is 18. The molecule has 0 fully saturated rings. The Labute approximate surface area is 842 Å². The smallest absolute Gasteiger partial charge is 0.367 e. The van der Waals surface area contributed by atoms with Crippen LogP contribution in [-0.2, 0) is 91.1 Å². The van der Waals surface area contributed by atoms with Crippen LogP contribution in [0.5, 0.6) is 0 Å². The van der Waals surface area contributed by atoms with Gasteiger partial charge in [0.15, 0.2) is 50.2 Å². The number of rotatable bonds is 16. The Kier molecular flexibility index (Phi) is 27.6. The number of hydrogen-bond donors (Lipinski definition) is 0. The number of carbonyl (C=O) groups excluding carboxylic acids is 3. The molecule has 15 aliphatic rings. The molecule has 0 amide bonds. The van der Waals surface area contributed by atoms with E-state index in [-0.39, 0.29) is 70.7 Å². The number of ether oxygens (including phenoxy) is 3. The molecule has 6 unspecified atom stereocenters. The minimum absolute atomic E-state index is 0.0300. The van der Waals surface area contributed by atoms with Gasteiger partial charge in [0.1, 0.15) is 6.61 Å². The minimum Gasteiger partial charge on any atom is -0.743 e.